The van der Waals surface area contributed by atoms with Crippen LogP contribution in [0.15, 0.2) is 78.9 Å². The third-order valence-corrected chi connectivity index (χ3v) is 6.58. The average molecular weight is 455 g/mol. The van der Waals surface area contributed by atoms with Gasteiger partial charge in [0.15, 0.2) is 0 Å². The van der Waals surface area contributed by atoms with Gasteiger partial charge in [-0.25, -0.2) is 0 Å². The van der Waals surface area contributed by atoms with Crippen molar-refractivity contribution in [3.05, 3.63) is 101 Å². The molecule has 4 rings (SSSR count). The highest BCUT2D eigenvalue weighted by atomic mass is 16.2. The number of hydrogen-bond acceptors (Lipinski definition) is 2. The van der Waals surface area contributed by atoms with Crippen LogP contribution in [0.4, 0.5) is 5.69 Å². The van der Waals surface area contributed by atoms with E-state index in [1.807, 2.05) is 53.4 Å². The van der Waals surface area contributed by atoms with Crippen molar-refractivity contribution in [2.45, 2.75) is 52.0 Å². The van der Waals surface area contributed by atoms with Gasteiger partial charge in [-0.05, 0) is 55.0 Å². The van der Waals surface area contributed by atoms with Crippen LogP contribution in [-0.2, 0) is 29.0 Å². The molecule has 0 unspecified atom stereocenters. The number of anilines is 1. The first kappa shape index (κ1) is 23.7. The molecule has 0 heterocycles. The summed E-state index contributed by atoms with van der Waals surface area (Å²) in [5.41, 5.74) is 5.39. The topological polar surface area (TPSA) is 49.4 Å². The first-order chi connectivity index (χ1) is 16.6. The van der Waals surface area contributed by atoms with E-state index >= 15 is 0 Å². The minimum absolute atomic E-state index is 0.0160. The summed E-state index contributed by atoms with van der Waals surface area (Å²) in [6.07, 6.45) is 5.38. The predicted octanol–water partition coefficient (Wildman–Crippen LogP) is 5.62. The maximum absolute atomic E-state index is 13.4. The smallest absolute Gasteiger partial charge is 0.230 e. The van der Waals surface area contributed by atoms with Crippen LogP contribution in [0.5, 0.6) is 0 Å². The van der Waals surface area contributed by atoms with E-state index < -0.39 is 0 Å². The maximum Gasteiger partial charge on any atom is 0.230 e. The van der Waals surface area contributed by atoms with E-state index in [-0.39, 0.29) is 17.7 Å². The number of carbonyl (C=O) groups excluding carboxylic acids is 2. The van der Waals surface area contributed by atoms with Crippen LogP contribution in [0.3, 0.4) is 0 Å². The quantitative estimate of drug-likeness (QED) is 0.456. The standard InChI is InChI=1S/C30H34N2O2/c1-23-8-7-11-26(20-23)22-32(30(34)27-12-5-6-13-27)28-16-14-25(15-17-28)21-29(33)31-19-18-24-9-3-2-4-10-24/h2-4,7-11,14-17,20,27H,5-6,12-13,18-19,21-22H2,1H3,(H,31,33). The molecule has 0 saturated heterocycles. The molecule has 1 fully saturated rings. The second-order valence-electron chi connectivity index (χ2n) is 9.32. The lowest BCUT2D eigenvalue weighted by atomic mass is 10.0. The van der Waals surface area contributed by atoms with Crippen LogP contribution in [-0.4, -0.2) is 18.4 Å². The van der Waals surface area contributed by atoms with Crippen molar-refractivity contribution >= 4 is 17.5 Å². The number of amides is 2. The van der Waals surface area contributed by atoms with Crippen molar-refractivity contribution in [3.63, 3.8) is 0 Å². The average Bonchev–Trinajstić information content (AvgIpc) is 3.39. The van der Waals surface area contributed by atoms with Gasteiger partial charge in [-0.2, -0.15) is 0 Å². The first-order valence-electron chi connectivity index (χ1n) is 12.3. The molecule has 1 N–H and O–H groups in total. The molecule has 0 bridgehead atoms. The fourth-order valence-electron chi connectivity index (χ4n) is 4.72. The summed E-state index contributed by atoms with van der Waals surface area (Å²) < 4.78 is 0. The van der Waals surface area contributed by atoms with Crippen LogP contribution in [0.1, 0.15) is 47.9 Å². The number of aryl methyl sites for hydroxylation is 1. The van der Waals surface area contributed by atoms with E-state index in [2.05, 4.69) is 42.6 Å². The van der Waals surface area contributed by atoms with Crippen molar-refractivity contribution < 1.29 is 9.59 Å². The molecule has 1 saturated carbocycles. The van der Waals surface area contributed by atoms with Crippen LogP contribution in [0.2, 0.25) is 0 Å². The molecule has 0 radical (unpaired) electrons. The van der Waals surface area contributed by atoms with Crippen LogP contribution in [0.25, 0.3) is 0 Å². The largest absolute Gasteiger partial charge is 0.355 e. The molecule has 176 valence electrons. The Bertz CT molecular complexity index is 1090. The second-order valence-corrected chi connectivity index (χ2v) is 9.32. The molecular weight excluding hydrogens is 420 g/mol. The number of nitrogens with one attached hydrogen (secondary N) is 1. The molecule has 1 aliphatic carbocycles. The van der Waals surface area contributed by atoms with Gasteiger partial charge in [0.25, 0.3) is 0 Å². The summed E-state index contributed by atoms with van der Waals surface area (Å²) in [6, 6.07) is 26.4. The van der Waals surface area contributed by atoms with Gasteiger partial charge in [-0.3, -0.25) is 9.59 Å². The Labute approximate surface area is 203 Å². The van der Waals surface area contributed by atoms with Gasteiger partial charge in [-0.15, -0.1) is 0 Å². The van der Waals surface area contributed by atoms with E-state index in [1.54, 1.807) is 0 Å². The third-order valence-electron chi connectivity index (χ3n) is 6.58. The molecule has 3 aromatic rings. The fraction of sp³-hybridized carbons (Fsp3) is 0.333. The van der Waals surface area contributed by atoms with Crippen LogP contribution in [0, 0.1) is 12.8 Å². The molecule has 0 aliphatic heterocycles. The van der Waals surface area contributed by atoms with Gasteiger partial charge in [0, 0.05) is 18.2 Å². The lowest BCUT2D eigenvalue weighted by Gasteiger charge is -2.26. The van der Waals surface area contributed by atoms with Crippen LogP contribution < -0.4 is 10.2 Å². The summed E-state index contributed by atoms with van der Waals surface area (Å²) in [5.74, 6) is 0.340. The fourth-order valence-corrected chi connectivity index (χ4v) is 4.72. The SMILES string of the molecule is Cc1cccc(CN(C(=O)C2CCCC2)c2ccc(CC(=O)NCCc3ccccc3)cc2)c1. The number of benzene rings is 3. The van der Waals surface area contributed by atoms with Gasteiger partial charge in [0.1, 0.15) is 0 Å². The molecule has 34 heavy (non-hydrogen) atoms. The number of carbonyl (C=O) groups is 2. The maximum atomic E-state index is 13.4. The summed E-state index contributed by atoms with van der Waals surface area (Å²) in [5, 5.41) is 3.01. The van der Waals surface area contributed by atoms with Gasteiger partial charge < -0.3 is 10.2 Å². The number of hydrogen-bond donors (Lipinski definition) is 1. The van der Waals surface area contributed by atoms with E-state index in [4.69, 9.17) is 0 Å². The molecule has 4 nitrogen and oxygen atoms in total. The normalized spacial score (nSPS) is 13.6. The molecule has 0 atom stereocenters. The Hall–Kier alpha value is -3.40. The lowest BCUT2D eigenvalue weighted by molar-refractivity contribution is -0.122. The van der Waals surface area contributed by atoms with E-state index in [9.17, 15) is 9.59 Å². The van der Waals surface area contributed by atoms with E-state index in [0.717, 1.165) is 48.9 Å². The Balaban J connectivity index is 1.39. The van der Waals surface area contributed by atoms with E-state index in [0.29, 0.717) is 19.5 Å². The van der Waals surface area contributed by atoms with Crippen molar-refractivity contribution in [3.8, 4) is 0 Å². The Morgan fingerprint density at radius 2 is 1.56 bits per heavy atom. The molecule has 3 aromatic carbocycles. The van der Waals surface area contributed by atoms with Gasteiger partial charge >= 0.3 is 0 Å². The Morgan fingerprint density at radius 1 is 0.853 bits per heavy atom. The summed E-state index contributed by atoms with van der Waals surface area (Å²) >= 11 is 0. The highest BCUT2D eigenvalue weighted by Gasteiger charge is 2.28. The molecular formula is C30H34N2O2. The van der Waals surface area contributed by atoms with Crippen molar-refractivity contribution in [1.29, 1.82) is 0 Å². The lowest BCUT2D eigenvalue weighted by Crippen LogP contribution is -2.35. The van der Waals surface area contributed by atoms with Crippen molar-refractivity contribution in [2.24, 2.45) is 5.92 Å². The minimum Gasteiger partial charge on any atom is -0.355 e. The highest BCUT2D eigenvalue weighted by Crippen LogP contribution is 2.30. The van der Waals surface area contributed by atoms with Gasteiger partial charge in [-0.1, -0.05) is 85.1 Å². The van der Waals surface area contributed by atoms with E-state index in [1.165, 1.54) is 11.1 Å². The number of rotatable bonds is 9. The zero-order chi connectivity index (χ0) is 23.8. The molecule has 1 aliphatic rings. The van der Waals surface area contributed by atoms with Crippen molar-refractivity contribution in [2.75, 3.05) is 11.4 Å². The number of nitrogens with zero attached hydrogens (tertiary/aromatic N) is 1. The zero-order valence-corrected chi connectivity index (χ0v) is 20.0. The second kappa shape index (κ2) is 11.6. The predicted molar refractivity (Wildman–Crippen MR) is 138 cm³/mol. The Morgan fingerprint density at radius 3 is 2.26 bits per heavy atom. The molecule has 4 heteroatoms. The summed E-state index contributed by atoms with van der Waals surface area (Å²) in [6.45, 7) is 3.27. The highest BCUT2D eigenvalue weighted by molar-refractivity contribution is 5.95. The first-order valence-corrected chi connectivity index (χ1v) is 12.3. The minimum atomic E-state index is 0.0160. The third kappa shape index (κ3) is 6.57. The van der Waals surface area contributed by atoms with Gasteiger partial charge in [0.2, 0.25) is 11.8 Å². The van der Waals surface area contributed by atoms with Crippen LogP contribution >= 0.6 is 0 Å². The zero-order valence-electron chi connectivity index (χ0n) is 20.0. The monoisotopic (exact) mass is 454 g/mol. The molecule has 2 amide bonds. The van der Waals surface area contributed by atoms with Crippen molar-refractivity contribution in [1.82, 2.24) is 5.32 Å². The van der Waals surface area contributed by atoms with Gasteiger partial charge in [0.05, 0.1) is 13.0 Å². The summed E-state index contributed by atoms with van der Waals surface area (Å²) in [4.78, 5) is 27.7. The Kier molecular flexibility index (Phi) is 8.13. The summed E-state index contributed by atoms with van der Waals surface area (Å²) in [7, 11) is 0. The molecule has 0 aromatic heterocycles. The molecule has 0 spiro atoms.